The molecular weight excluding hydrogens is 328 g/mol. The van der Waals surface area contributed by atoms with Crippen LogP contribution in [0.15, 0.2) is 30.4 Å². The summed E-state index contributed by atoms with van der Waals surface area (Å²) in [6.07, 6.45) is 9.77. The van der Waals surface area contributed by atoms with Crippen LogP contribution in [0, 0.1) is 5.92 Å². The SMILES string of the molecule is COC(=O)CCCC=CC[C@H]1C(=O)C[C@@H](O)[C@@H]1c1ccc2c(c1)CCC2. The Morgan fingerprint density at radius 1 is 1.27 bits per heavy atom. The van der Waals surface area contributed by atoms with Crippen molar-refractivity contribution in [1.29, 1.82) is 0 Å². The van der Waals surface area contributed by atoms with Gasteiger partial charge in [0.2, 0.25) is 0 Å². The molecule has 4 heteroatoms. The smallest absolute Gasteiger partial charge is 0.305 e. The number of carbonyl (C=O) groups excluding carboxylic acids is 2. The van der Waals surface area contributed by atoms with Crippen LogP contribution in [0.5, 0.6) is 0 Å². The first-order valence-corrected chi connectivity index (χ1v) is 9.64. The van der Waals surface area contributed by atoms with Crippen LogP contribution in [0.2, 0.25) is 0 Å². The van der Waals surface area contributed by atoms with Crippen molar-refractivity contribution in [2.24, 2.45) is 5.92 Å². The van der Waals surface area contributed by atoms with Gasteiger partial charge in [-0.2, -0.15) is 0 Å². The highest BCUT2D eigenvalue weighted by atomic mass is 16.5. The van der Waals surface area contributed by atoms with E-state index in [-0.39, 0.29) is 30.0 Å². The zero-order chi connectivity index (χ0) is 18.5. The average molecular weight is 356 g/mol. The van der Waals surface area contributed by atoms with E-state index in [1.807, 2.05) is 12.2 Å². The average Bonchev–Trinajstić information content (AvgIpc) is 3.20. The largest absolute Gasteiger partial charge is 0.469 e. The number of benzene rings is 1. The van der Waals surface area contributed by atoms with Crippen LogP contribution >= 0.6 is 0 Å². The molecule has 1 fully saturated rings. The van der Waals surface area contributed by atoms with E-state index in [1.165, 1.54) is 24.7 Å². The molecule has 0 aliphatic heterocycles. The summed E-state index contributed by atoms with van der Waals surface area (Å²) in [5.41, 5.74) is 3.90. The lowest BCUT2D eigenvalue weighted by atomic mass is 9.84. The summed E-state index contributed by atoms with van der Waals surface area (Å²) < 4.78 is 4.62. The van der Waals surface area contributed by atoms with Crippen molar-refractivity contribution < 1.29 is 19.4 Å². The Bertz CT molecular complexity index is 691. The molecule has 4 nitrogen and oxygen atoms in total. The van der Waals surface area contributed by atoms with Crippen molar-refractivity contribution in [3.8, 4) is 0 Å². The number of rotatable bonds is 7. The Kier molecular flexibility index (Phi) is 6.25. The highest BCUT2D eigenvalue weighted by Gasteiger charge is 2.41. The number of allylic oxidation sites excluding steroid dienone is 2. The van der Waals surface area contributed by atoms with Gasteiger partial charge in [-0.25, -0.2) is 0 Å². The number of carbonyl (C=O) groups is 2. The van der Waals surface area contributed by atoms with Crippen molar-refractivity contribution in [3.05, 3.63) is 47.0 Å². The summed E-state index contributed by atoms with van der Waals surface area (Å²) in [7, 11) is 1.40. The van der Waals surface area contributed by atoms with Crippen LogP contribution in [0.1, 0.15) is 61.1 Å². The molecule has 0 unspecified atom stereocenters. The lowest BCUT2D eigenvalue weighted by molar-refractivity contribution is -0.140. The summed E-state index contributed by atoms with van der Waals surface area (Å²) in [4.78, 5) is 23.5. The van der Waals surface area contributed by atoms with Crippen molar-refractivity contribution in [2.75, 3.05) is 7.11 Å². The zero-order valence-electron chi connectivity index (χ0n) is 15.4. The van der Waals surface area contributed by atoms with Crippen molar-refractivity contribution in [3.63, 3.8) is 0 Å². The Hall–Kier alpha value is -1.94. The molecule has 140 valence electrons. The van der Waals surface area contributed by atoms with E-state index in [0.717, 1.165) is 31.2 Å². The van der Waals surface area contributed by atoms with Gasteiger partial charge >= 0.3 is 5.97 Å². The maximum Gasteiger partial charge on any atom is 0.305 e. The summed E-state index contributed by atoms with van der Waals surface area (Å²) in [5, 5.41) is 10.5. The number of aliphatic hydroxyl groups is 1. The molecule has 0 bridgehead atoms. The van der Waals surface area contributed by atoms with Gasteiger partial charge in [0.05, 0.1) is 13.2 Å². The topological polar surface area (TPSA) is 63.6 Å². The first kappa shape index (κ1) is 18.8. The van der Waals surface area contributed by atoms with Crippen LogP contribution in [0.4, 0.5) is 0 Å². The summed E-state index contributed by atoms with van der Waals surface area (Å²) in [5.74, 6) is -0.291. The third kappa shape index (κ3) is 4.24. The highest BCUT2D eigenvalue weighted by molar-refractivity contribution is 5.85. The fourth-order valence-electron chi connectivity index (χ4n) is 4.31. The van der Waals surface area contributed by atoms with Gasteiger partial charge < -0.3 is 9.84 Å². The minimum absolute atomic E-state index is 0.104. The molecule has 0 radical (unpaired) electrons. The molecule has 1 saturated carbocycles. The molecule has 3 rings (SSSR count). The van der Waals surface area contributed by atoms with Crippen LogP contribution < -0.4 is 0 Å². The number of hydrogen-bond acceptors (Lipinski definition) is 4. The lowest BCUT2D eigenvalue weighted by Gasteiger charge is -2.21. The van der Waals surface area contributed by atoms with Gasteiger partial charge in [-0.15, -0.1) is 0 Å². The number of ether oxygens (including phenoxy) is 1. The third-order valence-electron chi connectivity index (χ3n) is 5.72. The van der Waals surface area contributed by atoms with Gasteiger partial charge in [-0.3, -0.25) is 9.59 Å². The van der Waals surface area contributed by atoms with Crippen LogP contribution in [-0.4, -0.2) is 30.1 Å². The van der Waals surface area contributed by atoms with E-state index < -0.39 is 6.10 Å². The van der Waals surface area contributed by atoms with Crippen molar-refractivity contribution in [1.82, 2.24) is 0 Å². The standard InChI is InChI=1S/C22H28O4/c1-26-21(25)10-5-3-2-4-9-18-19(23)14-20(24)22(18)17-12-11-15-7-6-8-16(15)13-17/h2,4,11-13,18,20,22,24H,3,5-10,14H2,1H3/t18-,20+,22+/m0/s1. The normalized spacial score (nSPS) is 25.0. The molecule has 1 N–H and O–H groups in total. The first-order valence-electron chi connectivity index (χ1n) is 9.64. The Balaban J connectivity index is 1.61. The molecule has 26 heavy (non-hydrogen) atoms. The predicted molar refractivity (Wildman–Crippen MR) is 100.0 cm³/mol. The second kappa shape index (κ2) is 8.63. The van der Waals surface area contributed by atoms with Crippen molar-refractivity contribution >= 4 is 11.8 Å². The molecule has 2 aliphatic rings. The van der Waals surface area contributed by atoms with Gasteiger partial charge in [0.25, 0.3) is 0 Å². The second-order valence-electron chi connectivity index (χ2n) is 7.43. The fraction of sp³-hybridized carbons (Fsp3) is 0.545. The molecule has 0 heterocycles. The fourth-order valence-corrected chi connectivity index (χ4v) is 4.31. The van der Waals surface area contributed by atoms with Crippen LogP contribution in [0.3, 0.4) is 0 Å². The Labute approximate surface area is 155 Å². The van der Waals surface area contributed by atoms with E-state index in [9.17, 15) is 14.7 Å². The number of esters is 1. The van der Waals surface area contributed by atoms with Gasteiger partial charge in [0.1, 0.15) is 5.78 Å². The summed E-state index contributed by atoms with van der Waals surface area (Å²) in [6.45, 7) is 0. The van der Waals surface area contributed by atoms with E-state index >= 15 is 0 Å². The number of aryl methyl sites for hydroxylation is 2. The van der Waals surface area contributed by atoms with E-state index in [1.54, 1.807) is 0 Å². The second-order valence-corrected chi connectivity index (χ2v) is 7.43. The molecule has 1 aromatic rings. The number of Topliss-reactive ketones (excluding diaryl/α,β-unsaturated/α-hetero) is 1. The summed E-state index contributed by atoms with van der Waals surface area (Å²) in [6, 6.07) is 6.48. The monoisotopic (exact) mass is 356 g/mol. The van der Waals surface area contributed by atoms with Crippen molar-refractivity contribution in [2.45, 2.75) is 63.4 Å². The number of hydrogen-bond donors (Lipinski definition) is 1. The summed E-state index contributed by atoms with van der Waals surface area (Å²) >= 11 is 0. The third-order valence-corrected chi connectivity index (χ3v) is 5.72. The molecule has 1 aromatic carbocycles. The van der Waals surface area contributed by atoms with Crippen LogP contribution in [-0.2, 0) is 27.2 Å². The minimum atomic E-state index is -0.584. The van der Waals surface area contributed by atoms with Crippen LogP contribution in [0.25, 0.3) is 0 Å². The van der Waals surface area contributed by atoms with Gasteiger partial charge in [0.15, 0.2) is 0 Å². The molecule has 0 amide bonds. The van der Waals surface area contributed by atoms with Gasteiger partial charge in [-0.1, -0.05) is 30.4 Å². The number of fused-ring (bicyclic) bond motifs is 1. The Morgan fingerprint density at radius 2 is 2.08 bits per heavy atom. The molecule has 0 spiro atoms. The maximum absolute atomic E-state index is 12.4. The lowest BCUT2D eigenvalue weighted by Crippen LogP contribution is -2.18. The number of unbranched alkanes of at least 4 members (excludes halogenated alkanes) is 1. The van der Waals surface area contributed by atoms with E-state index in [2.05, 4.69) is 22.9 Å². The zero-order valence-corrected chi connectivity index (χ0v) is 15.4. The van der Waals surface area contributed by atoms with E-state index in [0.29, 0.717) is 12.8 Å². The highest BCUT2D eigenvalue weighted by Crippen LogP contribution is 2.41. The molecule has 0 saturated heterocycles. The number of methoxy groups -OCH3 is 1. The predicted octanol–water partition coefficient (Wildman–Crippen LogP) is 3.50. The van der Waals surface area contributed by atoms with E-state index in [4.69, 9.17) is 0 Å². The maximum atomic E-state index is 12.4. The first-order chi connectivity index (χ1) is 12.6. The molecule has 3 atom stereocenters. The quantitative estimate of drug-likeness (QED) is 0.461. The minimum Gasteiger partial charge on any atom is -0.469 e. The number of ketones is 1. The van der Waals surface area contributed by atoms with Gasteiger partial charge in [-0.05, 0) is 55.2 Å². The number of aliphatic hydroxyl groups excluding tert-OH is 1. The molecule has 2 aliphatic carbocycles. The molecule has 0 aromatic heterocycles. The molecular formula is C22H28O4. The Morgan fingerprint density at radius 3 is 2.88 bits per heavy atom. The van der Waals surface area contributed by atoms with Gasteiger partial charge in [0, 0.05) is 24.7 Å².